The fraction of sp³-hybridized carbons (Fsp3) is 0.357. The van der Waals surface area contributed by atoms with Crippen LogP contribution >= 0.6 is 0 Å². The zero-order chi connectivity index (χ0) is 21.9. The third-order valence-electron chi connectivity index (χ3n) is 5.38. The van der Waals surface area contributed by atoms with Crippen molar-refractivity contribution in [1.82, 2.24) is 0 Å². The lowest BCUT2D eigenvalue weighted by Gasteiger charge is -2.16. The number of benzene rings is 2. The van der Waals surface area contributed by atoms with Crippen LogP contribution < -0.4 is 9.13 Å². The molecule has 0 aliphatic rings. The highest BCUT2D eigenvalue weighted by molar-refractivity contribution is 5.75. The first kappa shape index (κ1) is 23.5. The van der Waals surface area contributed by atoms with Crippen molar-refractivity contribution in [3.05, 3.63) is 85.2 Å². The third kappa shape index (κ3) is 5.66. The molecule has 0 atom stereocenters. The van der Waals surface area contributed by atoms with Gasteiger partial charge in [-0.05, 0) is 30.2 Å². The molecular weight excluding hydrogens is 364 g/mol. The van der Waals surface area contributed by atoms with E-state index in [1.54, 1.807) is 0 Å². The maximum Gasteiger partial charge on any atom is 0.212 e. The molecule has 2 heterocycles. The summed E-state index contributed by atoms with van der Waals surface area (Å²) in [6.07, 6.45) is 4.43. The van der Waals surface area contributed by atoms with Gasteiger partial charge < -0.3 is 0 Å². The molecule has 0 aliphatic carbocycles. The number of pyridine rings is 2. The molecule has 0 unspecified atom stereocenters. The number of para-hydroxylation sites is 2. The normalized spacial score (nSPS) is 10.5. The van der Waals surface area contributed by atoms with Crippen molar-refractivity contribution in [2.75, 3.05) is 0 Å². The average molecular weight is 403 g/mol. The summed E-state index contributed by atoms with van der Waals surface area (Å²) in [5, 5.41) is 2.60. The van der Waals surface area contributed by atoms with Gasteiger partial charge in [0, 0.05) is 35.0 Å². The molecule has 0 N–H and O–H groups in total. The van der Waals surface area contributed by atoms with Crippen LogP contribution in [0.4, 0.5) is 0 Å². The number of hydrogen-bond donors (Lipinski definition) is 0. The Morgan fingerprint density at radius 2 is 0.933 bits per heavy atom. The summed E-state index contributed by atoms with van der Waals surface area (Å²) in [4.78, 5) is 0. The van der Waals surface area contributed by atoms with Crippen molar-refractivity contribution >= 4 is 21.8 Å². The van der Waals surface area contributed by atoms with Crippen molar-refractivity contribution < 1.29 is 9.13 Å². The molecule has 2 nitrogen and oxygen atoms in total. The van der Waals surface area contributed by atoms with E-state index in [0.717, 1.165) is 13.1 Å². The van der Waals surface area contributed by atoms with Gasteiger partial charge >= 0.3 is 0 Å². The lowest BCUT2D eigenvalue weighted by atomic mass is 9.95. The summed E-state index contributed by atoms with van der Waals surface area (Å²) < 4.78 is 4.82. The van der Waals surface area contributed by atoms with Crippen molar-refractivity contribution in [2.45, 2.75) is 54.6 Å². The lowest BCUT2D eigenvalue weighted by molar-refractivity contribution is -0.715. The van der Waals surface area contributed by atoms with Crippen molar-refractivity contribution in [3.63, 3.8) is 0 Å². The molecule has 0 amide bonds. The van der Waals surface area contributed by atoms with Gasteiger partial charge in [-0.1, -0.05) is 65.8 Å². The maximum absolute atomic E-state index is 2.41. The van der Waals surface area contributed by atoms with Crippen molar-refractivity contribution in [3.8, 4) is 0 Å². The van der Waals surface area contributed by atoms with E-state index in [9.17, 15) is 0 Å². The Hall–Kier alpha value is -2.74. The fourth-order valence-corrected chi connectivity index (χ4v) is 3.74. The summed E-state index contributed by atoms with van der Waals surface area (Å²) in [7, 11) is 0. The van der Waals surface area contributed by atoms with Crippen LogP contribution in [0.1, 0.15) is 41.5 Å². The maximum atomic E-state index is 2.41. The van der Waals surface area contributed by atoms with E-state index in [1.807, 2.05) is 27.7 Å². The number of nitrogens with zero attached hydrogens (tertiary/aromatic N) is 2. The Kier molecular flexibility index (Phi) is 9.47. The Balaban J connectivity index is 0.000000757. The second kappa shape index (κ2) is 12.1. The number of aromatic nitrogens is 2. The minimum atomic E-state index is 0.557. The molecule has 0 saturated heterocycles. The van der Waals surface area contributed by atoms with Gasteiger partial charge in [-0.2, -0.15) is 9.13 Å². The van der Waals surface area contributed by atoms with Crippen LogP contribution in [0.15, 0.2) is 85.2 Å². The zero-order valence-electron chi connectivity index (χ0n) is 19.5. The molecule has 4 aromatic rings. The van der Waals surface area contributed by atoms with E-state index in [-0.39, 0.29) is 0 Å². The van der Waals surface area contributed by atoms with Gasteiger partial charge in [-0.3, -0.25) is 0 Å². The van der Waals surface area contributed by atoms with Gasteiger partial charge in [0.05, 0.1) is 5.92 Å². The second-order valence-electron chi connectivity index (χ2n) is 7.44. The average Bonchev–Trinajstić information content (AvgIpc) is 2.81. The Labute approximate surface area is 182 Å². The first-order valence-corrected chi connectivity index (χ1v) is 11.5. The predicted molar refractivity (Wildman–Crippen MR) is 129 cm³/mol. The molecule has 158 valence electrons. The fourth-order valence-electron chi connectivity index (χ4n) is 3.74. The topological polar surface area (TPSA) is 7.76 Å². The molecule has 30 heavy (non-hydrogen) atoms. The standard InChI is InChI=1S/C24H26N2.2C2H6/c1-19(2)22(17-25-15-7-11-20-9-3-5-13-23(20)25)18-26-16-8-12-21-10-4-6-14-24(21)26;2*1-2/h3-16,19,22H,17-18H2,1-2H3;2*1-2H3/q+2;;. The Morgan fingerprint density at radius 3 is 1.33 bits per heavy atom. The first-order chi connectivity index (χ1) is 14.7. The van der Waals surface area contributed by atoms with Crippen LogP contribution in [0, 0.1) is 11.8 Å². The molecule has 0 bridgehead atoms. The van der Waals surface area contributed by atoms with Crippen LogP contribution in [0.5, 0.6) is 0 Å². The number of hydrogen-bond acceptors (Lipinski definition) is 0. The monoisotopic (exact) mass is 402 g/mol. The number of rotatable bonds is 5. The van der Waals surface area contributed by atoms with Crippen LogP contribution in [-0.4, -0.2) is 0 Å². The Morgan fingerprint density at radius 1 is 0.567 bits per heavy atom. The van der Waals surface area contributed by atoms with Crippen molar-refractivity contribution in [1.29, 1.82) is 0 Å². The minimum Gasteiger partial charge on any atom is -0.198 e. The molecular formula is C28H38N2+2. The summed E-state index contributed by atoms with van der Waals surface area (Å²) in [6.45, 7) is 14.7. The summed E-state index contributed by atoms with van der Waals surface area (Å²) in [5.74, 6) is 1.16. The van der Waals surface area contributed by atoms with E-state index in [4.69, 9.17) is 0 Å². The van der Waals surface area contributed by atoms with Gasteiger partial charge in [-0.25, -0.2) is 0 Å². The van der Waals surface area contributed by atoms with Crippen molar-refractivity contribution in [2.24, 2.45) is 11.8 Å². The minimum absolute atomic E-state index is 0.557. The molecule has 0 radical (unpaired) electrons. The Bertz CT molecular complexity index is 945. The van der Waals surface area contributed by atoms with Gasteiger partial charge in [0.25, 0.3) is 0 Å². The van der Waals surface area contributed by atoms with Gasteiger partial charge in [0.15, 0.2) is 25.5 Å². The quantitative estimate of drug-likeness (QED) is 0.333. The zero-order valence-corrected chi connectivity index (χ0v) is 19.5. The highest BCUT2D eigenvalue weighted by Crippen LogP contribution is 2.16. The molecule has 0 aliphatic heterocycles. The first-order valence-electron chi connectivity index (χ1n) is 11.5. The van der Waals surface area contributed by atoms with E-state index < -0.39 is 0 Å². The molecule has 4 rings (SSSR count). The molecule has 0 spiro atoms. The van der Waals surface area contributed by atoms with Gasteiger partial charge in [-0.15, -0.1) is 0 Å². The highest BCUT2D eigenvalue weighted by atomic mass is 15.0. The predicted octanol–water partition coefficient (Wildman–Crippen LogP) is 6.59. The van der Waals surface area contributed by atoms with Crippen LogP contribution in [0.3, 0.4) is 0 Å². The largest absolute Gasteiger partial charge is 0.212 e. The molecule has 0 saturated carbocycles. The lowest BCUT2D eigenvalue weighted by Crippen LogP contribution is -2.46. The summed E-state index contributed by atoms with van der Waals surface area (Å²) >= 11 is 0. The number of fused-ring (bicyclic) bond motifs is 2. The third-order valence-corrected chi connectivity index (χ3v) is 5.38. The molecule has 2 heteroatoms. The van der Waals surface area contributed by atoms with Crippen LogP contribution in [-0.2, 0) is 13.1 Å². The summed E-state index contributed by atoms with van der Waals surface area (Å²) in [5.41, 5.74) is 2.62. The second-order valence-corrected chi connectivity index (χ2v) is 7.44. The van der Waals surface area contributed by atoms with E-state index in [2.05, 4.69) is 108 Å². The molecule has 0 fully saturated rings. The van der Waals surface area contributed by atoms with Crippen LogP contribution in [0.25, 0.3) is 21.8 Å². The van der Waals surface area contributed by atoms with E-state index >= 15 is 0 Å². The summed E-state index contributed by atoms with van der Waals surface area (Å²) in [6, 6.07) is 26.0. The van der Waals surface area contributed by atoms with E-state index in [1.165, 1.54) is 21.8 Å². The van der Waals surface area contributed by atoms with Gasteiger partial charge in [0.1, 0.15) is 0 Å². The molecule has 2 aromatic carbocycles. The SMILES string of the molecule is CC.CC.CC(C)C(C[n+]1cccc2ccccc21)C[n+]1cccc2ccccc21. The van der Waals surface area contributed by atoms with E-state index in [0.29, 0.717) is 11.8 Å². The van der Waals surface area contributed by atoms with Crippen LogP contribution in [0.2, 0.25) is 0 Å². The molecule has 2 aromatic heterocycles. The highest BCUT2D eigenvalue weighted by Gasteiger charge is 2.25. The smallest absolute Gasteiger partial charge is 0.198 e. The van der Waals surface area contributed by atoms with Gasteiger partial charge in [0.2, 0.25) is 11.0 Å².